The van der Waals surface area contributed by atoms with E-state index in [1.54, 1.807) is 17.5 Å². The van der Waals surface area contributed by atoms with Crippen molar-refractivity contribution in [3.63, 3.8) is 0 Å². The van der Waals surface area contributed by atoms with Gasteiger partial charge >= 0.3 is 5.97 Å². The van der Waals surface area contributed by atoms with E-state index in [0.717, 1.165) is 14.4 Å². The van der Waals surface area contributed by atoms with Gasteiger partial charge in [-0.3, -0.25) is 4.79 Å². The molecule has 0 radical (unpaired) electrons. The molecule has 0 aliphatic carbocycles. The van der Waals surface area contributed by atoms with Gasteiger partial charge in [0.25, 0.3) is 0 Å². The lowest BCUT2D eigenvalue weighted by atomic mass is 10.4. The van der Waals surface area contributed by atoms with Crippen LogP contribution in [0.1, 0.15) is 0 Å². The average molecular weight is 319 g/mol. The number of rotatable bonds is 4. The molecule has 0 spiro atoms. The summed E-state index contributed by atoms with van der Waals surface area (Å²) in [4.78, 5) is 18.6. The first-order valence-electron chi connectivity index (χ1n) is 4.30. The van der Waals surface area contributed by atoms with Gasteiger partial charge in [-0.1, -0.05) is 11.8 Å². The molecule has 2 rings (SSSR count). The molecule has 16 heavy (non-hydrogen) atoms. The lowest BCUT2D eigenvalue weighted by Gasteiger charge is -1.92. The number of hydrogen-bond donors (Lipinski definition) is 2. The van der Waals surface area contributed by atoms with Crippen molar-refractivity contribution in [2.45, 2.75) is 5.16 Å². The summed E-state index contributed by atoms with van der Waals surface area (Å²) in [6, 6.07) is 3.94. The molecule has 0 unspecified atom stereocenters. The van der Waals surface area contributed by atoms with E-state index in [4.69, 9.17) is 5.11 Å². The van der Waals surface area contributed by atoms with Crippen molar-refractivity contribution in [3.8, 4) is 10.6 Å². The molecule has 4 nitrogen and oxygen atoms in total. The predicted octanol–water partition coefficient (Wildman–Crippen LogP) is 3.08. The number of carbonyl (C=O) groups is 1. The van der Waals surface area contributed by atoms with Gasteiger partial charge in [0.05, 0.1) is 26.3 Å². The molecule has 0 saturated heterocycles. The van der Waals surface area contributed by atoms with Gasteiger partial charge < -0.3 is 10.1 Å². The van der Waals surface area contributed by atoms with Gasteiger partial charge in [-0.25, -0.2) is 4.98 Å². The van der Waals surface area contributed by atoms with Gasteiger partial charge in [-0.15, -0.1) is 11.3 Å². The fourth-order valence-electron chi connectivity index (χ4n) is 1.09. The maximum atomic E-state index is 10.4. The second-order valence-electron chi connectivity index (χ2n) is 2.89. The fourth-order valence-corrected chi connectivity index (χ4v) is 3.01. The molecule has 84 valence electrons. The van der Waals surface area contributed by atoms with Crippen LogP contribution in [0.25, 0.3) is 10.6 Å². The van der Waals surface area contributed by atoms with Crippen LogP contribution in [0.15, 0.2) is 27.3 Å². The Morgan fingerprint density at radius 3 is 3.06 bits per heavy atom. The largest absolute Gasteiger partial charge is 0.481 e. The van der Waals surface area contributed by atoms with Gasteiger partial charge in [-0.05, 0) is 28.1 Å². The highest BCUT2D eigenvalue weighted by atomic mass is 79.9. The third kappa shape index (κ3) is 2.87. The van der Waals surface area contributed by atoms with Crippen LogP contribution in [0.5, 0.6) is 0 Å². The molecule has 0 atom stereocenters. The summed E-state index contributed by atoms with van der Waals surface area (Å²) in [5.74, 6) is -0.831. The van der Waals surface area contributed by atoms with E-state index in [2.05, 4.69) is 25.9 Å². The predicted molar refractivity (Wildman–Crippen MR) is 68.0 cm³/mol. The van der Waals surface area contributed by atoms with Crippen LogP contribution >= 0.6 is 39.0 Å². The zero-order chi connectivity index (χ0) is 11.5. The summed E-state index contributed by atoms with van der Waals surface area (Å²) in [5.41, 5.74) is 0.906. The van der Waals surface area contributed by atoms with Gasteiger partial charge in [-0.2, -0.15) is 0 Å². The highest BCUT2D eigenvalue weighted by Gasteiger charge is 2.07. The number of nitrogens with one attached hydrogen (secondary N) is 1. The lowest BCUT2D eigenvalue weighted by Crippen LogP contribution is -1.97. The number of nitrogens with zero attached hydrogens (tertiary/aromatic N) is 1. The first-order chi connectivity index (χ1) is 7.65. The third-order valence-corrected chi connectivity index (χ3v) is 4.25. The topological polar surface area (TPSA) is 66.0 Å². The molecule has 0 bridgehead atoms. The Morgan fingerprint density at radius 1 is 1.62 bits per heavy atom. The number of carboxylic acids is 1. The SMILES string of the molecule is O=C(O)CSc1ncc(-c2ccc(Br)s2)[nH]1. The maximum Gasteiger partial charge on any atom is 0.313 e. The number of aromatic amines is 1. The highest BCUT2D eigenvalue weighted by molar-refractivity contribution is 9.11. The summed E-state index contributed by atoms with van der Waals surface area (Å²) >= 11 is 6.16. The summed E-state index contributed by atoms with van der Waals surface area (Å²) in [6.45, 7) is 0. The van der Waals surface area contributed by atoms with Crippen molar-refractivity contribution in [2.24, 2.45) is 0 Å². The van der Waals surface area contributed by atoms with Crippen molar-refractivity contribution < 1.29 is 9.90 Å². The van der Waals surface area contributed by atoms with Crippen molar-refractivity contribution in [3.05, 3.63) is 22.1 Å². The van der Waals surface area contributed by atoms with E-state index >= 15 is 0 Å². The second kappa shape index (κ2) is 5.03. The summed E-state index contributed by atoms with van der Waals surface area (Å²) in [7, 11) is 0. The lowest BCUT2D eigenvalue weighted by molar-refractivity contribution is -0.133. The van der Waals surface area contributed by atoms with E-state index in [9.17, 15) is 4.79 Å². The first-order valence-corrected chi connectivity index (χ1v) is 6.90. The molecular formula is C9H7BrN2O2S2. The first kappa shape index (κ1) is 11.7. The minimum atomic E-state index is -0.846. The Hall–Kier alpha value is -0.790. The van der Waals surface area contributed by atoms with Crippen LogP contribution < -0.4 is 0 Å². The van der Waals surface area contributed by atoms with Crippen LogP contribution in [-0.2, 0) is 4.79 Å². The molecule has 0 amide bonds. The number of thioether (sulfide) groups is 1. The van der Waals surface area contributed by atoms with Crippen molar-refractivity contribution >= 4 is 45.0 Å². The molecule has 2 aromatic rings. The van der Waals surface area contributed by atoms with Gasteiger partial charge in [0.2, 0.25) is 0 Å². The molecule has 0 aliphatic heterocycles. The molecule has 0 saturated carbocycles. The normalized spacial score (nSPS) is 10.6. The Balaban J connectivity index is 2.10. The van der Waals surface area contributed by atoms with Crippen molar-refractivity contribution in [1.29, 1.82) is 0 Å². The number of imidazole rings is 1. The summed E-state index contributed by atoms with van der Waals surface area (Å²) in [5, 5.41) is 9.16. The molecular weight excluding hydrogens is 312 g/mol. The molecule has 2 aromatic heterocycles. The van der Waals surface area contributed by atoms with E-state index in [-0.39, 0.29) is 5.75 Å². The molecule has 2 heterocycles. The highest BCUT2D eigenvalue weighted by Crippen LogP contribution is 2.31. The van der Waals surface area contributed by atoms with Crippen molar-refractivity contribution in [2.75, 3.05) is 5.75 Å². The number of aliphatic carboxylic acids is 1. The van der Waals surface area contributed by atoms with Crippen LogP contribution in [0.2, 0.25) is 0 Å². The number of aromatic nitrogens is 2. The van der Waals surface area contributed by atoms with Gasteiger partial charge in [0, 0.05) is 0 Å². The average Bonchev–Trinajstić information content (AvgIpc) is 2.83. The number of thiophene rings is 1. The van der Waals surface area contributed by atoms with Crippen LogP contribution in [0, 0.1) is 0 Å². The van der Waals surface area contributed by atoms with Gasteiger partial charge in [0.15, 0.2) is 5.16 Å². The molecule has 0 fully saturated rings. The molecule has 2 N–H and O–H groups in total. The van der Waals surface area contributed by atoms with E-state index in [1.165, 1.54) is 11.8 Å². The van der Waals surface area contributed by atoms with Crippen LogP contribution in [0.3, 0.4) is 0 Å². The van der Waals surface area contributed by atoms with Crippen LogP contribution in [-0.4, -0.2) is 26.8 Å². The Kier molecular flexibility index (Phi) is 3.67. The quantitative estimate of drug-likeness (QED) is 0.850. The Labute approximate surface area is 108 Å². The monoisotopic (exact) mass is 318 g/mol. The minimum absolute atomic E-state index is 0.0150. The van der Waals surface area contributed by atoms with Gasteiger partial charge in [0.1, 0.15) is 0 Å². The molecule has 7 heteroatoms. The number of hydrogen-bond acceptors (Lipinski definition) is 4. The fraction of sp³-hybridized carbons (Fsp3) is 0.111. The zero-order valence-electron chi connectivity index (χ0n) is 7.94. The maximum absolute atomic E-state index is 10.4. The van der Waals surface area contributed by atoms with Crippen molar-refractivity contribution in [1.82, 2.24) is 9.97 Å². The number of halogens is 1. The summed E-state index contributed by atoms with van der Waals surface area (Å²) in [6.07, 6.45) is 1.71. The van der Waals surface area contributed by atoms with E-state index in [1.807, 2.05) is 12.1 Å². The second-order valence-corrected chi connectivity index (χ2v) is 6.32. The number of carboxylic acid groups (broad SMARTS) is 1. The smallest absolute Gasteiger partial charge is 0.313 e. The minimum Gasteiger partial charge on any atom is -0.481 e. The Bertz CT molecular complexity index is 509. The molecule has 0 aromatic carbocycles. The standard InChI is InChI=1S/C9H7BrN2O2S2/c10-7-2-1-6(16-7)5-3-11-9(12-5)15-4-8(13)14/h1-3H,4H2,(H,11,12)(H,13,14). The number of H-pyrrole nitrogens is 1. The summed E-state index contributed by atoms with van der Waals surface area (Å²) < 4.78 is 1.05. The third-order valence-electron chi connectivity index (χ3n) is 1.72. The van der Waals surface area contributed by atoms with Crippen LogP contribution in [0.4, 0.5) is 0 Å². The Morgan fingerprint density at radius 2 is 2.44 bits per heavy atom. The molecule has 0 aliphatic rings. The van der Waals surface area contributed by atoms with E-state index < -0.39 is 5.97 Å². The zero-order valence-corrected chi connectivity index (χ0v) is 11.2. The van der Waals surface area contributed by atoms with E-state index in [0.29, 0.717) is 5.16 Å².